The van der Waals surface area contributed by atoms with Crippen LogP contribution in [0.2, 0.25) is 49.7 Å². The van der Waals surface area contributed by atoms with Crippen LogP contribution in [0.5, 0.6) is 0 Å². The van der Waals surface area contributed by atoms with Crippen molar-refractivity contribution in [2.45, 2.75) is 49.7 Å². The first-order valence-electron chi connectivity index (χ1n) is 7.54. The summed E-state index contributed by atoms with van der Waals surface area (Å²) in [5, 5.41) is 1.75. The van der Waals surface area contributed by atoms with Gasteiger partial charge in [-0.2, -0.15) is 0 Å². The number of benzene rings is 1. The molecule has 0 N–H and O–H groups in total. The molecule has 0 radical (unpaired) electrons. The summed E-state index contributed by atoms with van der Waals surface area (Å²) in [6, 6.07) is 11.5. The lowest BCUT2D eigenvalue weighted by atomic mass is 10.4. The fourth-order valence-corrected chi connectivity index (χ4v) is 25.9. The fourth-order valence-electron chi connectivity index (χ4n) is 3.05. The van der Waals surface area contributed by atoms with Gasteiger partial charge in [-0.25, -0.2) is 0 Å². The monoisotopic (exact) mass is 310 g/mol. The van der Waals surface area contributed by atoms with Gasteiger partial charge in [-0.1, -0.05) is 85.3 Å². The molecule has 0 amide bonds. The lowest BCUT2D eigenvalue weighted by Gasteiger charge is -2.21. The van der Waals surface area contributed by atoms with Crippen LogP contribution < -0.4 is 5.19 Å². The van der Waals surface area contributed by atoms with Gasteiger partial charge < -0.3 is 0 Å². The Morgan fingerprint density at radius 1 is 0.722 bits per heavy atom. The molecule has 1 aromatic rings. The minimum absolute atomic E-state index is 0.322. The third-order valence-electron chi connectivity index (χ3n) is 3.59. The van der Waals surface area contributed by atoms with Crippen LogP contribution in [-0.2, 0) is 0 Å². The number of hydrogen-bond acceptors (Lipinski definition) is 0. The van der Waals surface area contributed by atoms with Gasteiger partial charge in [0.25, 0.3) is 0 Å². The van der Waals surface area contributed by atoms with E-state index in [1.54, 1.807) is 22.2 Å². The van der Waals surface area contributed by atoms with E-state index in [2.05, 4.69) is 63.1 Å². The van der Waals surface area contributed by atoms with E-state index in [-0.39, 0.29) is 8.80 Å². The molecule has 0 aromatic heterocycles. The Morgan fingerprint density at radius 2 is 1.28 bits per heavy atom. The minimum Gasteiger partial charge on any atom is -0.0724 e. The molecule has 2 unspecified atom stereocenters. The van der Waals surface area contributed by atoms with Crippen LogP contribution in [-0.4, -0.2) is 35.2 Å². The molecule has 4 heteroatoms. The van der Waals surface area contributed by atoms with Crippen molar-refractivity contribution in [2.24, 2.45) is 0 Å². The molecule has 0 aliphatic carbocycles. The third-order valence-corrected chi connectivity index (χ3v) is 23.4. The summed E-state index contributed by atoms with van der Waals surface area (Å²) in [6.07, 6.45) is 0. The molecule has 0 nitrogen and oxygen atoms in total. The van der Waals surface area contributed by atoms with Crippen molar-refractivity contribution in [2.75, 3.05) is 0 Å². The fraction of sp³-hybridized carbons (Fsp3) is 0.571. The van der Waals surface area contributed by atoms with Crippen LogP contribution in [0.1, 0.15) is 0 Å². The minimum atomic E-state index is -0.621. The van der Waals surface area contributed by atoms with Crippen molar-refractivity contribution >= 4 is 40.4 Å². The highest BCUT2D eigenvalue weighted by Crippen LogP contribution is 2.11. The molecule has 0 bridgehead atoms. The lowest BCUT2D eigenvalue weighted by molar-refractivity contribution is 1.59. The van der Waals surface area contributed by atoms with Gasteiger partial charge >= 0.3 is 0 Å². The van der Waals surface area contributed by atoms with Crippen molar-refractivity contribution in [1.29, 1.82) is 0 Å². The summed E-state index contributed by atoms with van der Waals surface area (Å²) in [4.78, 5) is 0. The second kappa shape index (κ2) is 8.30. The smallest absolute Gasteiger partial charge is 0.0651 e. The van der Waals surface area contributed by atoms with Gasteiger partial charge in [0.2, 0.25) is 0 Å². The Bertz CT molecular complexity index is 324. The lowest BCUT2D eigenvalue weighted by Crippen LogP contribution is -2.37. The maximum Gasteiger partial charge on any atom is 0.0651 e. The van der Waals surface area contributed by atoms with Gasteiger partial charge in [-0.15, -0.1) is 0 Å². The van der Waals surface area contributed by atoms with Gasteiger partial charge in [0.1, 0.15) is 0 Å². The van der Waals surface area contributed by atoms with E-state index in [0.29, 0.717) is 0 Å². The van der Waals surface area contributed by atoms with E-state index in [1.807, 2.05) is 0 Å². The Kier molecular flexibility index (Phi) is 7.44. The molecular weight excluding hydrogens is 280 g/mol. The van der Waals surface area contributed by atoms with Crippen LogP contribution in [0.3, 0.4) is 0 Å². The predicted octanol–water partition coefficient (Wildman–Crippen LogP) is 2.57. The molecule has 0 aliphatic rings. The summed E-state index contributed by atoms with van der Waals surface area (Å²) in [6.45, 7) is 12.8. The molecule has 2 atom stereocenters. The topological polar surface area (TPSA) is 0 Å². The van der Waals surface area contributed by atoms with Gasteiger partial charge in [-0.05, 0) is 0 Å². The molecule has 0 heterocycles. The zero-order valence-electron chi connectivity index (χ0n) is 12.8. The van der Waals surface area contributed by atoms with Crippen LogP contribution in [0.25, 0.3) is 0 Å². The Labute approximate surface area is 120 Å². The highest BCUT2D eigenvalue weighted by Gasteiger charge is 2.20. The van der Waals surface area contributed by atoms with E-state index in [9.17, 15) is 0 Å². The maximum atomic E-state index is 2.64. The second-order valence-electron chi connectivity index (χ2n) is 6.71. The zero-order valence-corrected chi connectivity index (χ0v) is 17.4. The Hall–Kier alpha value is 0.0875. The molecule has 102 valence electrons. The van der Waals surface area contributed by atoms with Crippen LogP contribution >= 0.6 is 0 Å². The summed E-state index contributed by atoms with van der Waals surface area (Å²) >= 11 is 0. The highest BCUT2D eigenvalue weighted by atomic mass is 28.4. The molecule has 0 saturated carbocycles. The van der Waals surface area contributed by atoms with E-state index >= 15 is 0 Å². The van der Waals surface area contributed by atoms with Gasteiger partial charge in [0.15, 0.2) is 0 Å². The molecule has 0 saturated heterocycles. The van der Waals surface area contributed by atoms with Crippen molar-refractivity contribution in [3.8, 4) is 0 Å². The van der Waals surface area contributed by atoms with E-state index in [4.69, 9.17) is 0 Å². The zero-order chi connectivity index (χ0) is 13.5. The first-order chi connectivity index (χ1) is 8.49. The molecule has 0 spiro atoms. The maximum absolute atomic E-state index is 2.64. The van der Waals surface area contributed by atoms with Crippen molar-refractivity contribution in [3.63, 3.8) is 0 Å². The molecule has 0 aliphatic heterocycles. The van der Waals surface area contributed by atoms with Crippen LogP contribution in [0.4, 0.5) is 0 Å². The Morgan fingerprint density at radius 3 is 1.78 bits per heavy atom. The standard InChI is InChI=1S/C14H30Si4/c1-15(2)11-17(5)13-18(12-16(3)4)14-9-7-6-8-10-14/h6-10,15-18H,11-13H2,1-5H3. The van der Waals surface area contributed by atoms with Crippen molar-refractivity contribution in [3.05, 3.63) is 30.3 Å². The second-order valence-corrected chi connectivity index (χ2v) is 22.2. The predicted molar refractivity (Wildman–Crippen MR) is 98.4 cm³/mol. The average molecular weight is 311 g/mol. The first kappa shape index (κ1) is 16.1. The number of hydrogen-bond donors (Lipinski definition) is 0. The third kappa shape index (κ3) is 6.31. The first-order valence-corrected chi connectivity index (χ1v) is 18.8. The molecule has 0 fully saturated rings. The largest absolute Gasteiger partial charge is 0.0724 e. The van der Waals surface area contributed by atoms with E-state index in [0.717, 1.165) is 0 Å². The van der Waals surface area contributed by atoms with Crippen LogP contribution in [0, 0.1) is 0 Å². The Balaban J connectivity index is 2.67. The molecule has 18 heavy (non-hydrogen) atoms. The number of rotatable bonds is 7. The molecule has 1 rings (SSSR count). The van der Waals surface area contributed by atoms with Crippen molar-refractivity contribution < 1.29 is 0 Å². The summed E-state index contributed by atoms with van der Waals surface area (Å²) < 4.78 is 0. The highest BCUT2D eigenvalue weighted by molar-refractivity contribution is 6.93. The van der Waals surface area contributed by atoms with Gasteiger partial charge in [-0.3, -0.25) is 0 Å². The summed E-state index contributed by atoms with van der Waals surface area (Å²) in [5.74, 6) is 0. The van der Waals surface area contributed by atoms with E-state index < -0.39 is 26.4 Å². The molecular formula is C14H30Si4. The van der Waals surface area contributed by atoms with Gasteiger partial charge in [0, 0.05) is 26.4 Å². The quantitative estimate of drug-likeness (QED) is 0.679. The SMILES string of the molecule is C[SiH](C)C[SiH](C)C[SiH](C[SiH](C)C)c1ccccc1. The molecule has 1 aromatic carbocycles. The normalized spacial score (nSPS) is 15.1. The summed E-state index contributed by atoms with van der Waals surface area (Å²) in [5.41, 5.74) is 5.00. The average Bonchev–Trinajstić information content (AvgIpc) is 2.27. The van der Waals surface area contributed by atoms with Crippen LogP contribution in [0.15, 0.2) is 30.3 Å². The van der Waals surface area contributed by atoms with Crippen molar-refractivity contribution in [1.82, 2.24) is 0 Å². The van der Waals surface area contributed by atoms with E-state index in [1.165, 1.54) is 0 Å². The summed E-state index contributed by atoms with van der Waals surface area (Å²) in [7, 11) is -1.74. The van der Waals surface area contributed by atoms with Gasteiger partial charge in [0.05, 0.1) is 8.80 Å².